The van der Waals surface area contributed by atoms with Gasteiger partial charge in [-0.15, -0.1) is 0 Å². The summed E-state index contributed by atoms with van der Waals surface area (Å²) in [7, 11) is 0. The van der Waals surface area contributed by atoms with E-state index in [-0.39, 0.29) is 5.15 Å². The van der Waals surface area contributed by atoms with Crippen LogP contribution in [0.1, 0.15) is 36.2 Å². The Morgan fingerprint density at radius 3 is 2.43 bits per heavy atom. The molecule has 1 aliphatic heterocycles. The second-order valence-corrected chi connectivity index (χ2v) is 5.16. The Kier molecular flexibility index (Phi) is 4.79. The van der Waals surface area contributed by atoms with Crippen LogP contribution in [-0.2, 0) is 0 Å². The summed E-state index contributed by atoms with van der Waals surface area (Å²) >= 11 is 6.08. The van der Waals surface area contributed by atoms with Crippen molar-refractivity contribution in [1.29, 1.82) is 0 Å². The molecule has 0 aromatic carbocycles. The number of hydrogen-bond donors (Lipinski definition) is 3. The highest BCUT2D eigenvalue weighted by Gasteiger charge is 2.20. The number of H-pyrrole nitrogens is 1. The van der Waals surface area contributed by atoms with Crippen LogP contribution >= 0.6 is 11.6 Å². The third kappa shape index (κ3) is 3.72. The van der Waals surface area contributed by atoms with Crippen LogP contribution in [0, 0.1) is 0 Å². The number of carbonyl (C=O) groups excluding carboxylic acids is 1. The molecule has 1 aromatic rings. The fourth-order valence-electron chi connectivity index (χ4n) is 2.24. The third-order valence-corrected chi connectivity index (χ3v) is 3.47. The highest BCUT2D eigenvalue weighted by atomic mass is 35.5. The van der Waals surface area contributed by atoms with Crippen LogP contribution in [0.4, 0.5) is 5.82 Å². The number of rotatable bonds is 2. The average molecular weight is 313 g/mol. The molecule has 0 unspecified atom stereocenters. The maximum atomic E-state index is 12.0. The number of anilines is 1. The maximum absolute atomic E-state index is 12.0. The molecular weight excluding hydrogens is 296 g/mol. The molecule has 1 saturated heterocycles. The lowest BCUT2D eigenvalue weighted by atomic mass is 10.2. The van der Waals surface area contributed by atoms with Gasteiger partial charge in [0.05, 0.1) is 0 Å². The number of carbonyl (C=O) groups is 1. The first-order valence-electron chi connectivity index (χ1n) is 6.68. The van der Waals surface area contributed by atoms with Crippen molar-refractivity contribution < 1.29 is 4.79 Å². The molecular formula is C12H17ClN6O2. The number of nitrogens with zero attached hydrogens (tertiary/aromatic N) is 3. The van der Waals surface area contributed by atoms with E-state index in [2.05, 4.69) is 15.0 Å². The van der Waals surface area contributed by atoms with E-state index in [1.807, 2.05) is 4.90 Å². The molecule has 21 heavy (non-hydrogen) atoms. The Morgan fingerprint density at radius 1 is 1.24 bits per heavy atom. The lowest BCUT2D eigenvalue weighted by Crippen LogP contribution is -2.31. The van der Waals surface area contributed by atoms with Crippen molar-refractivity contribution >= 4 is 29.3 Å². The molecule has 0 atom stereocenters. The summed E-state index contributed by atoms with van der Waals surface area (Å²) in [6.45, 7) is 1.58. The number of aromatic amines is 1. The van der Waals surface area contributed by atoms with Gasteiger partial charge in [0.1, 0.15) is 5.82 Å². The summed E-state index contributed by atoms with van der Waals surface area (Å²) in [4.78, 5) is 35.3. The summed E-state index contributed by atoms with van der Waals surface area (Å²) in [6.07, 6.45) is 4.33. The van der Waals surface area contributed by atoms with Crippen molar-refractivity contribution in [1.82, 2.24) is 9.97 Å². The Labute approximate surface area is 126 Å². The van der Waals surface area contributed by atoms with Crippen molar-refractivity contribution in [3.05, 3.63) is 21.2 Å². The van der Waals surface area contributed by atoms with E-state index in [9.17, 15) is 9.59 Å². The summed E-state index contributed by atoms with van der Waals surface area (Å²) in [5, 5.41) is 0.0608. The van der Waals surface area contributed by atoms with Crippen LogP contribution in [0.15, 0.2) is 9.79 Å². The zero-order valence-electron chi connectivity index (χ0n) is 11.4. The van der Waals surface area contributed by atoms with E-state index >= 15 is 0 Å². The molecule has 1 aromatic heterocycles. The van der Waals surface area contributed by atoms with Crippen LogP contribution in [-0.4, -0.2) is 34.9 Å². The number of aromatic nitrogens is 2. The van der Waals surface area contributed by atoms with E-state index in [1.54, 1.807) is 0 Å². The van der Waals surface area contributed by atoms with Gasteiger partial charge >= 0.3 is 5.91 Å². The number of nitrogens with one attached hydrogen (secondary N) is 1. The van der Waals surface area contributed by atoms with Crippen molar-refractivity contribution in [2.75, 3.05) is 18.0 Å². The first-order valence-corrected chi connectivity index (χ1v) is 7.05. The van der Waals surface area contributed by atoms with Crippen LogP contribution in [0.3, 0.4) is 0 Å². The smallest absolute Gasteiger partial charge is 0.304 e. The average Bonchev–Trinajstić information content (AvgIpc) is 2.69. The lowest BCUT2D eigenvalue weighted by molar-refractivity contribution is 0.0996. The lowest BCUT2D eigenvalue weighted by Gasteiger charge is -2.22. The Hall–Kier alpha value is -2.09. The van der Waals surface area contributed by atoms with Crippen LogP contribution in [0.5, 0.6) is 0 Å². The summed E-state index contributed by atoms with van der Waals surface area (Å²) in [5.41, 5.74) is 9.13. The highest BCUT2D eigenvalue weighted by molar-refractivity contribution is 6.31. The summed E-state index contributed by atoms with van der Waals surface area (Å²) < 4.78 is 0. The van der Waals surface area contributed by atoms with Gasteiger partial charge in [-0.1, -0.05) is 24.4 Å². The van der Waals surface area contributed by atoms with E-state index in [0.717, 1.165) is 38.8 Å². The van der Waals surface area contributed by atoms with Gasteiger partial charge in [-0.25, -0.2) is 4.98 Å². The Balaban J connectivity index is 2.34. The van der Waals surface area contributed by atoms with Gasteiger partial charge in [0.25, 0.3) is 5.56 Å². The van der Waals surface area contributed by atoms with Crippen molar-refractivity contribution in [2.24, 2.45) is 16.5 Å². The van der Waals surface area contributed by atoms with Gasteiger partial charge in [0.2, 0.25) is 0 Å². The first-order chi connectivity index (χ1) is 9.99. The Bertz CT molecular complexity index is 615. The largest absolute Gasteiger partial charge is 0.370 e. The SMILES string of the molecule is NC(N)=NC(=O)c1nc(Cl)c(N2CCCCCC2)[nH]c1=O. The fraction of sp³-hybridized carbons (Fsp3) is 0.500. The molecule has 0 spiro atoms. The number of nitrogens with two attached hydrogens (primary N) is 2. The van der Waals surface area contributed by atoms with Crippen LogP contribution in [0.25, 0.3) is 0 Å². The molecule has 5 N–H and O–H groups in total. The van der Waals surface area contributed by atoms with E-state index in [1.165, 1.54) is 0 Å². The number of aliphatic imine (C=N–C) groups is 1. The minimum atomic E-state index is -0.916. The molecule has 0 bridgehead atoms. The van der Waals surface area contributed by atoms with Gasteiger partial charge in [-0.3, -0.25) is 9.59 Å². The second-order valence-electron chi connectivity index (χ2n) is 4.80. The molecule has 1 fully saturated rings. The predicted octanol–water partition coefficient (Wildman–Crippen LogP) is 0.217. The van der Waals surface area contributed by atoms with Gasteiger partial charge in [-0.2, -0.15) is 4.99 Å². The summed E-state index contributed by atoms with van der Waals surface area (Å²) in [5.74, 6) is -0.917. The zero-order chi connectivity index (χ0) is 15.4. The molecule has 9 heteroatoms. The van der Waals surface area contributed by atoms with Gasteiger partial charge < -0.3 is 21.4 Å². The minimum Gasteiger partial charge on any atom is -0.370 e. The second kappa shape index (κ2) is 6.57. The van der Waals surface area contributed by atoms with Gasteiger partial charge in [0, 0.05) is 13.1 Å². The molecule has 0 aliphatic carbocycles. The minimum absolute atomic E-state index is 0.0608. The van der Waals surface area contributed by atoms with E-state index in [0.29, 0.717) is 5.82 Å². The van der Waals surface area contributed by atoms with Crippen molar-refractivity contribution in [2.45, 2.75) is 25.7 Å². The molecule has 1 amide bonds. The first kappa shape index (κ1) is 15.3. The van der Waals surface area contributed by atoms with Crippen molar-refractivity contribution in [3.63, 3.8) is 0 Å². The maximum Gasteiger partial charge on any atom is 0.304 e. The molecule has 2 heterocycles. The predicted molar refractivity (Wildman–Crippen MR) is 80.7 cm³/mol. The topological polar surface area (TPSA) is 130 Å². The number of guanidine groups is 1. The number of amides is 1. The van der Waals surface area contributed by atoms with Crippen LogP contribution in [0.2, 0.25) is 5.15 Å². The normalized spacial score (nSPS) is 15.4. The van der Waals surface area contributed by atoms with Gasteiger partial charge in [-0.05, 0) is 12.8 Å². The van der Waals surface area contributed by atoms with E-state index < -0.39 is 23.1 Å². The zero-order valence-corrected chi connectivity index (χ0v) is 12.2. The molecule has 114 valence electrons. The quantitative estimate of drug-likeness (QED) is 0.529. The third-order valence-electron chi connectivity index (χ3n) is 3.21. The monoisotopic (exact) mass is 312 g/mol. The number of halogens is 1. The van der Waals surface area contributed by atoms with E-state index in [4.69, 9.17) is 23.1 Å². The van der Waals surface area contributed by atoms with Crippen LogP contribution < -0.4 is 21.9 Å². The highest BCUT2D eigenvalue weighted by Crippen LogP contribution is 2.22. The van der Waals surface area contributed by atoms with Crippen molar-refractivity contribution in [3.8, 4) is 0 Å². The molecule has 0 saturated carbocycles. The number of hydrogen-bond acceptors (Lipinski definition) is 4. The molecule has 8 nitrogen and oxygen atoms in total. The molecule has 1 aliphatic rings. The van der Waals surface area contributed by atoms with Gasteiger partial charge in [0.15, 0.2) is 16.8 Å². The molecule has 2 rings (SSSR count). The summed E-state index contributed by atoms with van der Waals surface area (Å²) in [6, 6.07) is 0. The molecule has 0 radical (unpaired) electrons. The fourth-order valence-corrected chi connectivity index (χ4v) is 2.49. The Morgan fingerprint density at radius 2 is 1.86 bits per heavy atom. The standard InChI is InChI=1S/C12H17ClN6O2/c13-8-9(19-5-3-1-2-4-6-19)17-10(20)7(16-8)11(21)18-12(14)15/h1-6H2,(H,17,20)(H4,14,15,18,21).